The zero-order valence-corrected chi connectivity index (χ0v) is 15.6. The molecule has 0 spiro atoms. The Bertz CT molecular complexity index is 596. The van der Waals surface area contributed by atoms with Gasteiger partial charge in [-0.05, 0) is 48.3 Å². The molecule has 2 saturated carbocycles. The standard InChI is InChI=1S/C20H29ClN2O2.CH4/c21-18-6-5-16(13-22-9-10-24)11-17(18)19(25)23-14-20-7-1-3-15(12-20)4-2-8-20;/h5-6,11,15,22,24H,1-4,7-10,12-14H2,(H,23,25);1H4. The molecule has 0 aliphatic heterocycles. The highest BCUT2D eigenvalue weighted by Gasteiger charge is 2.39. The molecule has 3 N–H and O–H groups in total. The Kier molecular flexibility index (Phi) is 7.93. The van der Waals surface area contributed by atoms with Crippen molar-refractivity contribution in [3.63, 3.8) is 0 Å². The molecule has 146 valence electrons. The number of carbonyl (C=O) groups is 1. The Morgan fingerprint density at radius 2 is 2.00 bits per heavy atom. The van der Waals surface area contributed by atoms with Crippen LogP contribution >= 0.6 is 11.6 Å². The molecule has 1 aromatic carbocycles. The van der Waals surface area contributed by atoms with E-state index in [9.17, 15) is 4.79 Å². The number of nitrogens with one attached hydrogen (secondary N) is 2. The molecule has 0 unspecified atom stereocenters. The van der Waals surface area contributed by atoms with Crippen molar-refractivity contribution in [3.8, 4) is 0 Å². The highest BCUT2D eigenvalue weighted by Crippen LogP contribution is 2.48. The summed E-state index contributed by atoms with van der Waals surface area (Å²) in [7, 11) is 0. The molecule has 1 amide bonds. The van der Waals surface area contributed by atoms with E-state index in [1.165, 1.54) is 44.9 Å². The van der Waals surface area contributed by atoms with E-state index >= 15 is 0 Å². The number of halogens is 1. The van der Waals surface area contributed by atoms with E-state index in [0.717, 1.165) is 18.0 Å². The Labute approximate surface area is 162 Å². The van der Waals surface area contributed by atoms with Crippen LogP contribution in [0.3, 0.4) is 0 Å². The first-order chi connectivity index (χ1) is 12.1. The lowest BCUT2D eigenvalue weighted by Crippen LogP contribution is -2.43. The molecule has 2 aliphatic carbocycles. The van der Waals surface area contributed by atoms with Crippen molar-refractivity contribution < 1.29 is 9.90 Å². The number of fused-ring (bicyclic) bond motifs is 2. The van der Waals surface area contributed by atoms with Gasteiger partial charge in [0.1, 0.15) is 0 Å². The van der Waals surface area contributed by atoms with Crippen molar-refractivity contribution >= 4 is 17.5 Å². The fourth-order valence-electron chi connectivity index (χ4n) is 4.60. The van der Waals surface area contributed by atoms with E-state index in [-0.39, 0.29) is 19.9 Å². The summed E-state index contributed by atoms with van der Waals surface area (Å²) in [5.41, 5.74) is 1.85. The molecule has 2 aliphatic rings. The van der Waals surface area contributed by atoms with Crippen LogP contribution in [0, 0.1) is 11.3 Å². The summed E-state index contributed by atoms with van der Waals surface area (Å²) in [5.74, 6) is 0.792. The van der Waals surface area contributed by atoms with Crippen LogP contribution in [-0.2, 0) is 6.54 Å². The third kappa shape index (κ3) is 5.21. The minimum Gasteiger partial charge on any atom is -0.395 e. The topological polar surface area (TPSA) is 61.4 Å². The lowest BCUT2D eigenvalue weighted by atomic mass is 9.62. The Morgan fingerprint density at radius 1 is 1.27 bits per heavy atom. The van der Waals surface area contributed by atoms with Crippen molar-refractivity contribution in [3.05, 3.63) is 34.3 Å². The summed E-state index contributed by atoms with van der Waals surface area (Å²) < 4.78 is 0. The van der Waals surface area contributed by atoms with Gasteiger partial charge < -0.3 is 15.7 Å². The first-order valence-electron chi connectivity index (χ1n) is 9.50. The summed E-state index contributed by atoms with van der Waals surface area (Å²) >= 11 is 6.26. The number of hydrogen-bond donors (Lipinski definition) is 3. The Balaban J connectivity index is 0.00000243. The van der Waals surface area contributed by atoms with Gasteiger partial charge in [0.25, 0.3) is 5.91 Å². The highest BCUT2D eigenvalue weighted by atomic mass is 35.5. The average Bonchev–Trinajstić information content (AvgIpc) is 2.61. The largest absolute Gasteiger partial charge is 0.395 e. The van der Waals surface area contributed by atoms with Crippen LogP contribution in [0.4, 0.5) is 0 Å². The zero-order valence-electron chi connectivity index (χ0n) is 14.8. The molecule has 0 atom stereocenters. The summed E-state index contributed by atoms with van der Waals surface area (Å²) in [4.78, 5) is 12.7. The lowest BCUT2D eigenvalue weighted by molar-refractivity contribution is 0.0681. The van der Waals surface area contributed by atoms with Crippen molar-refractivity contribution in [1.82, 2.24) is 10.6 Å². The minimum absolute atomic E-state index is 0. The van der Waals surface area contributed by atoms with Gasteiger partial charge in [0.15, 0.2) is 0 Å². The predicted molar refractivity (Wildman–Crippen MR) is 108 cm³/mol. The molecule has 2 bridgehead atoms. The van der Waals surface area contributed by atoms with Crippen molar-refractivity contribution in [2.75, 3.05) is 19.7 Å². The number of carbonyl (C=O) groups excluding carboxylic acids is 1. The molecule has 1 aromatic rings. The molecule has 0 radical (unpaired) electrons. The number of rotatable bonds is 7. The minimum atomic E-state index is -0.0731. The van der Waals surface area contributed by atoms with E-state index in [1.54, 1.807) is 6.07 Å². The predicted octanol–water partition coefficient (Wildman–Crippen LogP) is 4.15. The van der Waals surface area contributed by atoms with E-state index in [2.05, 4.69) is 10.6 Å². The van der Waals surface area contributed by atoms with Gasteiger partial charge in [-0.15, -0.1) is 0 Å². The van der Waals surface area contributed by atoms with Gasteiger partial charge in [0.2, 0.25) is 0 Å². The fraction of sp³-hybridized carbons (Fsp3) is 0.667. The maximum absolute atomic E-state index is 12.7. The van der Waals surface area contributed by atoms with Crippen LogP contribution < -0.4 is 10.6 Å². The fourth-order valence-corrected chi connectivity index (χ4v) is 4.80. The Morgan fingerprint density at radius 3 is 2.69 bits per heavy atom. The van der Waals surface area contributed by atoms with Gasteiger partial charge in [-0.2, -0.15) is 0 Å². The molecule has 26 heavy (non-hydrogen) atoms. The monoisotopic (exact) mass is 380 g/mol. The molecule has 0 heterocycles. The van der Waals surface area contributed by atoms with E-state index in [4.69, 9.17) is 16.7 Å². The second-order valence-corrected chi connectivity index (χ2v) is 8.16. The van der Waals surface area contributed by atoms with E-state index in [0.29, 0.717) is 29.1 Å². The molecule has 0 saturated heterocycles. The first kappa shape index (κ1) is 21.2. The molecular formula is C21H33ClN2O2. The number of hydrogen-bond acceptors (Lipinski definition) is 3. The second kappa shape index (κ2) is 9.72. The molecule has 5 heteroatoms. The quantitative estimate of drug-likeness (QED) is 0.623. The normalized spacial score (nSPS) is 24.6. The van der Waals surface area contributed by atoms with Gasteiger partial charge >= 0.3 is 0 Å². The third-order valence-electron chi connectivity index (χ3n) is 5.88. The van der Waals surface area contributed by atoms with E-state index in [1.807, 2.05) is 12.1 Å². The summed E-state index contributed by atoms with van der Waals surface area (Å²) in [6.07, 6.45) is 9.08. The number of aliphatic hydroxyl groups is 1. The highest BCUT2D eigenvalue weighted by molar-refractivity contribution is 6.33. The maximum atomic E-state index is 12.7. The summed E-state index contributed by atoms with van der Waals surface area (Å²) in [5, 5.41) is 15.6. The molecular weight excluding hydrogens is 348 g/mol. The molecule has 4 nitrogen and oxygen atoms in total. The first-order valence-corrected chi connectivity index (χ1v) is 9.88. The SMILES string of the molecule is C.O=C(NCC12CCCC(CCC1)C2)c1cc(CNCCO)ccc1Cl. The van der Waals surface area contributed by atoms with Gasteiger partial charge in [0, 0.05) is 19.6 Å². The van der Waals surface area contributed by atoms with Crippen LogP contribution in [0.5, 0.6) is 0 Å². The van der Waals surface area contributed by atoms with Crippen LogP contribution in [0.25, 0.3) is 0 Å². The summed E-state index contributed by atoms with van der Waals surface area (Å²) in [6, 6.07) is 5.54. The lowest BCUT2D eigenvalue weighted by Gasteiger charge is -2.45. The van der Waals surface area contributed by atoms with E-state index < -0.39 is 0 Å². The number of amides is 1. The van der Waals surface area contributed by atoms with Crippen molar-refractivity contribution in [2.45, 2.75) is 58.9 Å². The maximum Gasteiger partial charge on any atom is 0.252 e. The smallest absolute Gasteiger partial charge is 0.252 e. The Hall–Kier alpha value is -1.10. The van der Waals surface area contributed by atoms with Gasteiger partial charge in [-0.25, -0.2) is 0 Å². The summed E-state index contributed by atoms with van der Waals surface area (Å²) in [6.45, 7) is 2.02. The molecule has 2 fully saturated rings. The van der Waals surface area contributed by atoms with Gasteiger partial charge in [-0.3, -0.25) is 4.79 Å². The number of aliphatic hydroxyl groups excluding tert-OH is 1. The van der Waals surface area contributed by atoms with Crippen LogP contribution in [-0.4, -0.2) is 30.7 Å². The van der Waals surface area contributed by atoms with Crippen molar-refractivity contribution in [1.29, 1.82) is 0 Å². The molecule has 3 rings (SSSR count). The van der Waals surface area contributed by atoms with Gasteiger partial charge in [-0.1, -0.05) is 50.8 Å². The number of benzene rings is 1. The van der Waals surface area contributed by atoms with Crippen LogP contribution in [0.2, 0.25) is 5.02 Å². The van der Waals surface area contributed by atoms with Crippen LogP contribution in [0.15, 0.2) is 18.2 Å². The average molecular weight is 381 g/mol. The van der Waals surface area contributed by atoms with Crippen LogP contribution in [0.1, 0.15) is 68.3 Å². The second-order valence-electron chi connectivity index (χ2n) is 7.75. The third-order valence-corrected chi connectivity index (χ3v) is 6.21. The van der Waals surface area contributed by atoms with Crippen molar-refractivity contribution in [2.24, 2.45) is 11.3 Å². The zero-order chi connectivity index (χ0) is 17.7. The van der Waals surface area contributed by atoms with Gasteiger partial charge in [0.05, 0.1) is 17.2 Å². The molecule has 0 aromatic heterocycles.